The molecule has 3 saturated heterocycles. The Balaban J connectivity index is 0.826. The smallest absolute Gasteiger partial charge is 0.293 e. The molecule has 5 heterocycles. The van der Waals surface area contributed by atoms with E-state index < -0.39 is 31.4 Å². The first-order valence-corrected chi connectivity index (χ1v) is 27.7. The molecule has 2 amide bonds. The van der Waals surface area contributed by atoms with Crippen molar-refractivity contribution in [2.75, 3.05) is 69.7 Å². The number of nitrogens with one attached hydrogen (secondary N) is 3. The van der Waals surface area contributed by atoms with Crippen LogP contribution in [0.5, 0.6) is 17.2 Å². The SMILES string of the molecule is COc1ccc(CN2CCN(C3CC4(CCN(c5ccc(C(=O)NS(=O)(=O)c6ccc(NCC7CCN(C(C)=O)CC7)c([N+](=O)[O-])c6)c(Oc6cnc7[nH]ccc7c6)c5)CC4)C3)[C@H](c3ccccc3C(C)C)C2)cc1. The number of ether oxygens (including phenoxy) is 2. The Hall–Kier alpha value is -7.02. The number of amides is 2. The van der Waals surface area contributed by atoms with E-state index in [1.807, 2.05) is 24.3 Å². The summed E-state index contributed by atoms with van der Waals surface area (Å²) >= 11 is 0. The Morgan fingerprint density at radius 3 is 2.39 bits per heavy atom. The van der Waals surface area contributed by atoms with Gasteiger partial charge in [0.1, 0.15) is 28.6 Å². The molecule has 1 spiro atoms. The average molecular weight is 1040 g/mol. The van der Waals surface area contributed by atoms with E-state index in [1.165, 1.54) is 41.9 Å². The summed E-state index contributed by atoms with van der Waals surface area (Å²) in [5.41, 5.74) is 5.54. The van der Waals surface area contributed by atoms with Crippen molar-refractivity contribution in [3.63, 3.8) is 0 Å². The van der Waals surface area contributed by atoms with Crippen molar-refractivity contribution in [2.24, 2.45) is 11.3 Å². The van der Waals surface area contributed by atoms with Gasteiger partial charge in [0.25, 0.3) is 21.6 Å². The highest BCUT2D eigenvalue weighted by Crippen LogP contribution is 2.53. The first-order valence-electron chi connectivity index (χ1n) is 26.2. The Morgan fingerprint density at radius 2 is 1.67 bits per heavy atom. The largest absolute Gasteiger partial charge is 0.497 e. The van der Waals surface area contributed by atoms with Crippen LogP contribution >= 0.6 is 0 Å². The summed E-state index contributed by atoms with van der Waals surface area (Å²) in [4.78, 5) is 54.1. The maximum atomic E-state index is 14.1. The predicted molar refractivity (Wildman–Crippen MR) is 289 cm³/mol. The van der Waals surface area contributed by atoms with Gasteiger partial charge in [0, 0.05) is 107 Å². The molecule has 1 aliphatic carbocycles. The molecule has 17 nitrogen and oxygen atoms in total. The third kappa shape index (κ3) is 11.3. The van der Waals surface area contributed by atoms with Crippen molar-refractivity contribution in [1.82, 2.24) is 29.4 Å². The number of piperazine rings is 1. The fourth-order valence-corrected chi connectivity index (χ4v) is 12.9. The molecule has 10 rings (SSSR count). The Bertz CT molecular complexity index is 3160. The molecule has 0 radical (unpaired) electrons. The number of nitro groups is 1. The fraction of sp³-hybridized carbons (Fsp3) is 0.421. The Labute approximate surface area is 438 Å². The standard InChI is InChI=1S/C57H67N9O8S/c1-38(2)48-7-5-6-8-49(48)53-37-62(36-41-9-12-45(73-4)13-10-41)27-28-65(53)44-32-57(33-44)20-25-64(26-21-57)43-11-15-50(54(30-43)74-46-29-42-17-22-58-55(42)60-35-46)56(68)61-75(71,72)47-14-16-51(52(31-47)66(69)70)59-34-40-18-23-63(24-19-40)39(3)67/h5-17,22,29-31,35,38,40,44,53,59H,18-21,23-28,32-34,36-37H2,1-4H3,(H,58,60)(H,61,68)/t53-/m0/s1. The number of fused-ring (bicyclic) bond motifs is 1. The third-order valence-electron chi connectivity index (χ3n) is 16.2. The second-order valence-corrected chi connectivity index (χ2v) is 22.9. The van der Waals surface area contributed by atoms with Crippen molar-refractivity contribution in [3.8, 4) is 17.2 Å². The number of hydrogen-bond donors (Lipinski definition) is 3. The molecule has 6 aromatic rings. The summed E-state index contributed by atoms with van der Waals surface area (Å²) in [6.45, 7) is 13.2. The molecular weight excluding hydrogens is 971 g/mol. The molecule has 4 fully saturated rings. The lowest BCUT2D eigenvalue weighted by molar-refractivity contribution is -0.384. The summed E-state index contributed by atoms with van der Waals surface area (Å²) in [6, 6.07) is 30.5. The molecule has 0 bridgehead atoms. The second-order valence-electron chi connectivity index (χ2n) is 21.2. The van der Waals surface area contributed by atoms with Gasteiger partial charge in [-0.1, -0.05) is 50.2 Å². The van der Waals surface area contributed by atoms with Crippen molar-refractivity contribution >= 4 is 49.9 Å². The number of aromatic nitrogens is 2. The highest BCUT2D eigenvalue weighted by atomic mass is 32.2. The number of methoxy groups -OCH3 is 1. The first kappa shape index (κ1) is 51.5. The van der Waals surface area contributed by atoms with Crippen LogP contribution in [-0.4, -0.2) is 115 Å². The van der Waals surface area contributed by atoms with E-state index in [-0.39, 0.29) is 40.3 Å². The number of sulfonamides is 1. The maximum absolute atomic E-state index is 14.1. The van der Waals surface area contributed by atoms with Gasteiger partial charge in [0.05, 0.1) is 28.7 Å². The van der Waals surface area contributed by atoms with Gasteiger partial charge in [-0.25, -0.2) is 18.1 Å². The van der Waals surface area contributed by atoms with Crippen LogP contribution in [0.2, 0.25) is 0 Å². The zero-order valence-electron chi connectivity index (χ0n) is 43.2. The monoisotopic (exact) mass is 1040 g/mol. The van der Waals surface area contributed by atoms with Gasteiger partial charge >= 0.3 is 0 Å². The van der Waals surface area contributed by atoms with Gasteiger partial charge in [-0.3, -0.25) is 29.5 Å². The molecule has 3 aliphatic heterocycles. The quantitative estimate of drug-likeness (QED) is 0.0613. The molecule has 75 heavy (non-hydrogen) atoms. The van der Waals surface area contributed by atoms with Crippen LogP contribution in [0, 0.1) is 21.4 Å². The number of H-pyrrole nitrogens is 1. The Kier molecular flexibility index (Phi) is 14.9. The molecule has 0 unspecified atom stereocenters. The number of aromatic amines is 1. The lowest BCUT2D eigenvalue weighted by Crippen LogP contribution is -2.60. The molecular formula is C57H67N9O8S. The lowest BCUT2D eigenvalue weighted by Gasteiger charge is -2.58. The molecule has 4 aromatic carbocycles. The molecule has 1 saturated carbocycles. The minimum absolute atomic E-state index is 0.0164. The second kappa shape index (κ2) is 21.7. The average Bonchev–Trinajstić information content (AvgIpc) is 3.89. The van der Waals surface area contributed by atoms with Crippen LogP contribution in [0.1, 0.15) is 98.3 Å². The summed E-state index contributed by atoms with van der Waals surface area (Å²) in [7, 11) is -2.90. The summed E-state index contributed by atoms with van der Waals surface area (Å²) in [5.74, 6) is 1.01. The summed E-state index contributed by atoms with van der Waals surface area (Å²) < 4.78 is 41.7. The van der Waals surface area contributed by atoms with Gasteiger partial charge < -0.3 is 29.6 Å². The number of nitro benzene ring substituents is 1. The number of benzene rings is 4. The third-order valence-corrected chi connectivity index (χ3v) is 17.5. The number of pyridine rings is 1. The molecule has 18 heteroatoms. The normalized spacial score (nSPS) is 18.8. The topological polar surface area (TPSA) is 196 Å². The van der Waals surface area contributed by atoms with E-state index in [1.54, 1.807) is 36.4 Å². The van der Waals surface area contributed by atoms with E-state index in [4.69, 9.17) is 9.47 Å². The van der Waals surface area contributed by atoms with Crippen LogP contribution in [0.4, 0.5) is 17.1 Å². The van der Waals surface area contributed by atoms with E-state index in [0.717, 1.165) is 101 Å². The van der Waals surface area contributed by atoms with E-state index in [0.29, 0.717) is 43.0 Å². The van der Waals surface area contributed by atoms with E-state index >= 15 is 0 Å². The van der Waals surface area contributed by atoms with Crippen molar-refractivity contribution in [3.05, 3.63) is 142 Å². The van der Waals surface area contributed by atoms with E-state index in [2.05, 4.69) is 85.0 Å². The number of carbonyl (C=O) groups is 2. The Morgan fingerprint density at radius 1 is 0.907 bits per heavy atom. The van der Waals surface area contributed by atoms with Crippen LogP contribution in [0.3, 0.4) is 0 Å². The number of carbonyl (C=O) groups excluding carboxylic acids is 2. The minimum Gasteiger partial charge on any atom is -0.497 e. The van der Waals surface area contributed by atoms with E-state index in [9.17, 15) is 28.1 Å². The number of nitrogens with zero attached hydrogens (tertiary/aromatic N) is 6. The molecule has 1 atom stereocenters. The molecule has 4 aliphatic rings. The maximum Gasteiger partial charge on any atom is 0.293 e. The van der Waals surface area contributed by atoms with Crippen molar-refractivity contribution in [1.29, 1.82) is 0 Å². The van der Waals surface area contributed by atoms with Crippen LogP contribution in [0.25, 0.3) is 11.0 Å². The van der Waals surface area contributed by atoms with Crippen LogP contribution < -0.4 is 24.4 Å². The number of rotatable bonds is 16. The zero-order valence-corrected chi connectivity index (χ0v) is 44.0. The summed E-state index contributed by atoms with van der Waals surface area (Å²) in [5, 5.41) is 16.2. The highest BCUT2D eigenvalue weighted by molar-refractivity contribution is 7.90. The van der Waals surface area contributed by atoms with Gasteiger partial charge in [-0.2, -0.15) is 0 Å². The minimum atomic E-state index is -4.60. The zero-order chi connectivity index (χ0) is 52.4. The number of anilines is 2. The van der Waals surface area contributed by atoms with Gasteiger partial charge in [-0.05, 0) is 121 Å². The number of likely N-dealkylation sites (tertiary alicyclic amines) is 1. The molecule has 394 valence electrons. The van der Waals surface area contributed by atoms with Gasteiger partial charge in [0.2, 0.25) is 5.91 Å². The molecule has 2 aromatic heterocycles. The fourth-order valence-electron chi connectivity index (χ4n) is 11.9. The van der Waals surface area contributed by atoms with Gasteiger partial charge in [-0.15, -0.1) is 0 Å². The number of piperidine rings is 2. The lowest BCUT2D eigenvalue weighted by atomic mass is 9.59. The van der Waals surface area contributed by atoms with Gasteiger partial charge in [0.15, 0.2) is 0 Å². The summed E-state index contributed by atoms with van der Waals surface area (Å²) in [6.07, 6.45) is 9.09. The predicted octanol–water partition coefficient (Wildman–Crippen LogP) is 9.49. The molecule has 3 N–H and O–H groups in total. The van der Waals surface area contributed by atoms with Crippen molar-refractivity contribution in [2.45, 2.75) is 88.7 Å². The van der Waals surface area contributed by atoms with Crippen LogP contribution in [-0.2, 0) is 21.4 Å². The van der Waals surface area contributed by atoms with Crippen LogP contribution in [0.15, 0.2) is 114 Å². The number of hydrogen-bond acceptors (Lipinski definition) is 13. The van der Waals surface area contributed by atoms with Crippen molar-refractivity contribution < 1.29 is 32.4 Å². The first-order chi connectivity index (χ1) is 36.1. The highest BCUT2D eigenvalue weighted by Gasteiger charge is 2.50.